The number of rotatable bonds is 2. The van der Waals surface area contributed by atoms with Crippen LogP contribution in [0.5, 0.6) is 0 Å². The standard InChI is InChI=1S/C11H15FN2S/c12-8-1-2-10(13)11(7-8)14-9-3-5-15-6-4-9/h1-2,7,9,14H,3-6,13H2. The van der Waals surface area contributed by atoms with E-state index < -0.39 is 0 Å². The molecule has 1 aromatic rings. The summed E-state index contributed by atoms with van der Waals surface area (Å²) >= 11 is 1.97. The van der Waals surface area contributed by atoms with Crippen molar-refractivity contribution in [2.75, 3.05) is 22.6 Å². The molecule has 0 amide bonds. The van der Waals surface area contributed by atoms with E-state index in [1.807, 2.05) is 11.8 Å². The van der Waals surface area contributed by atoms with E-state index in [9.17, 15) is 4.39 Å². The number of benzene rings is 1. The van der Waals surface area contributed by atoms with Gasteiger partial charge in [-0.05, 0) is 42.5 Å². The first-order valence-corrected chi connectivity index (χ1v) is 6.30. The molecular weight excluding hydrogens is 211 g/mol. The number of thioether (sulfide) groups is 1. The van der Waals surface area contributed by atoms with E-state index in [2.05, 4.69) is 5.32 Å². The quantitative estimate of drug-likeness (QED) is 0.761. The fourth-order valence-corrected chi connectivity index (χ4v) is 2.82. The van der Waals surface area contributed by atoms with Crippen LogP contribution >= 0.6 is 11.8 Å². The summed E-state index contributed by atoms with van der Waals surface area (Å²) in [6.07, 6.45) is 2.25. The lowest BCUT2D eigenvalue weighted by Crippen LogP contribution is -2.24. The Hall–Kier alpha value is -0.900. The molecule has 0 atom stereocenters. The minimum atomic E-state index is -0.239. The normalized spacial score (nSPS) is 17.7. The van der Waals surface area contributed by atoms with Gasteiger partial charge in [0.15, 0.2) is 0 Å². The molecule has 82 valence electrons. The zero-order chi connectivity index (χ0) is 10.7. The fraction of sp³-hybridized carbons (Fsp3) is 0.455. The van der Waals surface area contributed by atoms with Gasteiger partial charge in [0.05, 0.1) is 11.4 Å². The lowest BCUT2D eigenvalue weighted by atomic mass is 10.1. The van der Waals surface area contributed by atoms with Crippen molar-refractivity contribution in [3.05, 3.63) is 24.0 Å². The highest BCUT2D eigenvalue weighted by molar-refractivity contribution is 7.99. The maximum Gasteiger partial charge on any atom is 0.125 e. The number of nitrogens with two attached hydrogens (primary N) is 1. The van der Waals surface area contributed by atoms with Crippen molar-refractivity contribution in [1.82, 2.24) is 0 Å². The van der Waals surface area contributed by atoms with Gasteiger partial charge in [0.1, 0.15) is 5.82 Å². The summed E-state index contributed by atoms with van der Waals surface area (Å²) in [6, 6.07) is 4.90. The van der Waals surface area contributed by atoms with Gasteiger partial charge in [-0.15, -0.1) is 0 Å². The molecule has 1 saturated heterocycles. The van der Waals surface area contributed by atoms with Gasteiger partial charge in [0.2, 0.25) is 0 Å². The van der Waals surface area contributed by atoms with E-state index in [0.717, 1.165) is 18.5 Å². The average Bonchev–Trinajstić information content (AvgIpc) is 2.25. The lowest BCUT2D eigenvalue weighted by Gasteiger charge is -2.24. The molecule has 4 heteroatoms. The predicted molar refractivity (Wildman–Crippen MR) is 64.8 cm³/mol. The van der Waals surface area contributed by atoms with Gasteiger partial charge in [-0.3, -0.25) is 0 Å². The molecule has 3 N–H and O–H groups in total. The topological polar surface area (TPSA) is 38.0 Å². The number of hydrogen-bond acceptors (Lipinski definition) is 3. The SMILES string of the molecule is Nc1ccc(F)cc1NC1CCSCC1. The van der Waals surface area contributed by atoms with Gasteiger partial charge in [-0.2, -0.15) is 11.8 Å². The number of nitrogen functional groups attached to an aromatic ring is 1. The second-order valence-corrected chi connectivity index (χ2v) is 4.99. The van der Waals surface area contributed by atoms with Crippen molar-refractivity contribution in [2.24, 2.45) is 0 Å². The molecule has 0 aromatic heterocycles. The maximum absolute atomic E-state index is 13.0. The Labute approximate surface area is 93.4 Å². The molecule has 1 heterocycles. The Bertz CT molecular complexity index is 337. The zero-order valence-electron chi connectivity index (χ0n) is 8.50. The third-order valence-corrected chi connectivity index (χ3v) is 3.65. The van der Waals surface area contributed by atoms with Gasteiger partial charge in [-0.25, -0.2) is 4.39 Å². The predicted octanol–water partition coefficient (Wildman–Crippen LogP) is 2.72. The van der Waals surface area contributed by atoms with Crippen LogP contribution in [0.3, 0.4) is 0 Å². The van der Waals surface area contributed by atoms with Crippen molar-refractivity contribution in [3.8, 4) is 0 Å². The first-order chi connectivity index (χ1) is 7.25. The van der Waals surface area contributed by atoms with Crippen molar-refractivity contribution < 1.29 is 4.39 Å². The summed E-state index contributed by atoms with van der Waals surface area (Å²) in [5, 5.41) is 3.31. The Kier molecular flexibility index (Phi) is 3.36. The Balaban J connectivity index is 2.05. The Morgan fingerprint density at radius 2 is 2.07 bits per heavy atom. The smallest absolute Gasteiger partial charge is 0.125 e. The highest BCUT2D eigenvalue weighted by Crippen LogP contribution is 2.25. The van der Waals surface area contributed by atoms with Gasteiger partial charge >= 0.3 is 0 Å². The molecule has 0 spiro atoms. The van der Waals surface area contributed by atoms with E-state index in [0.29, 0.717) is 11.7 Å². The van der Waals surface area contributed by atoms with E-state index in [4.69, 9.17) is 5.73 Å². The second-order valence-electron chi connectivity index (χ2n) is 3.76. The summed E-state index contributed by atoms with van der Waals surface area (Å²) in [7, 11) is 0. The molecule has 1 aromatic carbocycles. The van der Waals surface area contributed by atoms with Crippen molar-refractivity contribution in [2.45, 2.75) is 18.9 Å². The van der Waals surface area contributed by atoms with Crippen molar-refractivity contribution >= 4 is 23.1 Å². The molecule has 0 bridgehead atoms. The molecule has 0 saturated carbocycles. The van der Waals surface area contributed by atoms with E-state index >= 15 is 0 Å². The van der Waals surface area contributed by atoms with Gasteiger partial charge < -0.3 is 11.1 Å². The minimum Gasteiger partial charge on any atom is -0.397 e. The van der Waals surface area contributed by atoms with Crippen molar-refractivity contribution in [3.63, 3.8) is 0 Å². The van der Waals surface area contributed by atoms with Crippen LogP contribution in [0.1, 0.15) is 12.8 Å². The van der Waals surface area contributed by atoms with Crippen LogP contribution in [0.2, 0.25) is 0 Å². The Morgan fingerprint density at radius 3 is 2.80 bits per heavy atom. The summed E-state index contributed by atoms with van der Waals surface area (Å²) in [4.78, 5) is 0. The Morgan fingerprint density at radius 1 is 1.33 bits per heavy atom. The highest BCUT2D eigenvalue weighted by Gasteiger charge is 2.14. The monoisotopic (exact) mass is 226 g/mol. The van der Waals surface area contributed by atoms with Crippen LogP contribution in [0.4, 0.5) is 15.8 Å². The average molecular weight is 226 g/mol. The molecule has 0 aliphatic carbocycles. The zero-order valence-corrected chi connectivity index (χ0v) is 9.32. The third kappa shape index (κ3) is 2.78. The summed E-state index contributed by atoms with van der Waals surface area (Å²) in [5.41, 5.74) is 7.12. The summed E-state index contributed by atoms with van der Waals surface area (Å²) in [6.45, 7) is 0. The first kappa shape index (κ1) is 10.6. The number of halogens is 1. The second kappa shape index (κ2) is 4.75. The van der Waals surface area contributed by atoms with Crippen molar-refractivity contribution in [1.29, 1.82) is 0 Å². The molecule has 2 rings (SSSR count). The highest BCUT2D eigenvalue weighted by atomic mass is 32.2. The van der Waals surface area contributed by atoms with E-state index in [1.165, 1.54) is 23.6 Å². The molecule has 2 nitrogen and oxygen atoms in total. The van der Waals surface area contributed by atoms with Crippen LogP contribution in [0.15, 0.2) is 18.2 Å². The first-order valence-electron chi connectivity index (χ1n) is 5.15. The number of nitrogens with one attached hydrogen (secondary N) is 1. The lowest BCUT2D eigenvalue weighted by molar-refractivity contribution is 0.626. The number of hydrogen-bond donors (Lipinski definition) is 2. The molecule has 0 radical (unpaired) electrons. The summed E-state index contributed by atoms with van der Waals surface area (Å²) in [5.74, 6) is 2.11. The summed E-state index contributed by atoms with van der Waals surface area (Å²) < 4.78 is 13.0. The van der Waals surface area contributed by atoms with E-state index in [1.54, 1.807) is 6.07 Å². The van der Waals surface area contributed by atoms with Crippen LogP contribution in [0.25, 0.3) is 0 Å². The fourth-order valence-electron chi connectivity index (χ4n) is 1.72. The molecular formula is C11H15FN2S. The van der Waals surface area contributed by atoms with Gasteiger partial charge in [0.25, 0.3) is 0 Å². The van der Waals surface area contributed by atoms with Crippen LogP contribution in [0, 0.1) is 5.82 Å². The van der Waals surface area contributed by atoms with Gasteiger partial charge in [-0.1, -0.05) is 0 Å². The molecule has 1 aliphatic heterocycles. The maximum atomic E-state index is 13.0. The molecule has 0 unspecified atom stereocenters. The minimum absolute atomic E-state index is 0.239. The van der Waals surface area contributed by atoms with Crippen LogP contribution < -0.4 is 11.1 Å². The third-order valence-electron chi connectivity index (χ3n) is 2.60. The molecule has 1 aliphatic rings. The van der Waals surface area contributed by atoms with Crippen LogP contribution in [-0.4, -0.2) is 17.5 Å². The van der Waals surface area contributed by atoms with Gasteiger partial charge in [0, 0.05) is 6.04 Å². The largest absolute Gasteiger partial charge is 0.397 e. The molecule has 1 fully saturated rings. The van der Waals surface area contributed by atoms with E-state index in [-0.39, 0.29) is 5.82 Å². The number of anilines is 2. The van der Waals surface area contributed by atoms with Crippen LogP contribution in [-0.2, 0) is 0 Å². The molecule has 15 heavy (non-hydrogen) atoms.